The Morgan fingerprint density at radius 3 is 2.21 bits per heavy atom. The first kappa shape index (κ1) is 27.5. The molecule has 0 radical (unpaired) electrons. The van der Waals surface area contributed by atoms with Crippen molar-refractivity contribution in [1.29, 1.82) is 0 Å². The second kappa shape index (κ2) is 10.9. The molecular formula is C28H29F3N4O2S2. The third-order valence-electron chi connectivity index (χ3n) is 6.86. The third kappa shape index (κ3) is 6.26. The lowest BCUT2D eigenvalue weighted by Gasteiger charge is -2.32. The van der Waals surface area contributed by atoms with E-state index in [-0.39, 0.29) is 27.6 Å². The molecule has 1 N–H and O–H groups in total. The van der Waals surface area contributed by atoms with Crippen molar-refractivity contribution in [2.24, 2.45) is 0 Å². The van der Waals surface area contributed by atoms with Crippen LogP contribution in [0.15, 0.2) is 82.8 Å². The van der Waals surface area contributed by atoms with E-state index in [1.807, 2.05) is 36.7 Å². The standard InChI is InChI=1S/C28H29F3N4O2S2/c1-19(2)26-17-32-27-12-5-21(18-35(26)27)20-3-10-25(11-4-20)39(36,37)34-15-13-23(14-16-34)33-22-6-8-24(9-7-22)38-28(29,30)31/h3-12,17-19,23,33H,13-16H2,1-2H3. The number of halogens is 3. The topological polar surface area (TPSA) is 66.7 Å². The van der Waals surface area contributed by atoms with E-state index in [2.05, 4.69) is 28.5 Å². The highest BCUT2D eigenvalue weighted by Crippen LogP contribution is 2.37. The zero-order chi connectivity index (χ0) is 27.8. The van der Waals surface area contributed by atoms with Gasteiger partial charge in [-0.05, 0) is 90.2 Å². The van der Waals surface area contributed by atoms with Gasteiger partial charge in [0.1, 0.15) is 5.65 Å². The second-order valence-corrected chi connectivity index (χ2v) is 13.0. The quantitative estimate of drug-likeness (QED) is 0.241. The predicted molar refractivity (Wildman–Crippen MR) is 148 cm³/mol. The Bertz CT molecular complexity index is 1540. The maximum absolute atomic E-state index is 13.3. The number of rotatable bonds is 7. The summed E-state index contributed by atoms with van der Waals surface area (Å²) in [5.41, 5.74) is 0.274. The zero-order valence-corrected chi connectivity index (χ0v) is 23.2. The molecule has 0 bridgehead atoms. The summed E-state index contributed by atoms with van der Waals surface area (Å²) < 4.78 is 67.8. The summed E-state index contributed by atoms with van der Waals surface area (Å²) in [6, 6.07) is 17.0. The van der Waals surface area contributed by atoms with Crippen LogP contribution in [-0.4, -0.2) is 46.7 Å². The molecule has 5 rings (SSSR count). The number of thioether (sulfide) groups is 1. The number of nitrogens with zero attached hydrogens (tertiary/aromatic N) is 3. The van der Waals surface area contributed by atoms with Crippen molar-refractivity contribution in [2.75, 3.05) is 18.4 Å². The lowest BCUT2D eigenvalue weighted by Crippen LogP contribution is -2.42. The van der Waals surface area contributed by atoms with Crippen LogP contribution in [0.25, 0.3) is 16.8 Å². The van der Waals surface area contributed by atoms with Crippen LogP contribution in [0.4, 0.5) is 18.9 Å². The smallest absolute Gasteiger partial charge is 0.382 e. The molecule has 1 saturated heterocycles. The average Bonchev–Trinajstić information content (AvgIpc) is 3.33. The van der Waals surface area contributed by atoms with Gasteiger partial charge in [-0.3, -0.25) is 0 Å². The summed E-state index contributed by atoms with van der Waals surface area (Å²) in [4.78, 5) is 4.83. The number of alkyl halides is 3. The van der Waals surface area contributed by atoms with Crippen molar-refractivity contribution < 1.29 is 21.6 Å². The highest BCUT2D eigenvalue weighted by atomic mass is 32.2. The molecule has 0 amide bonds. The van der Waals surface area contributed by atoms with Crippen LogP contribution < -0.4 is 5.32 Å². The Hall–Kier alpha value is -3.02. The van der Waals surface area contributed by atoms with Crippen molar-refractivity contribution in [3.63, 3.8) is 0 Å². The molecule has 2 aromatic carbocycles. The Labute approximate surface area is 230 Å². The number of hydrogen-bond donors (Lipinski definition) is 1. The number of sulfonamides is 1. The number of imidazole rings is 1. The number of piperidine rings is 1. The molecule has 4 aromatic rings. The number of anilines is 1. The number of hydrogen-bond acceptors (Lipinski definition) is 5. The minimum absolute atomic E-state index is 0.0359. The summed E-state index contributed by atoms with van der Waals surface area (Å²) >= 11 is -0.147. The van der Waals surface area contributed by atoms with Gasteiger partial charge in [0.25, 0.3) is 0 Å². The Morgan fingerprint density at radius 1 is 0.949 bits per heavy atom. The molecule has 1 fully saturated rings. The van der Waals surface area contributed by atoms with Gasteiger partial charge in [0.15, 0.2) is 0 Å². The SMILES string of the molecule is CC(C)c1cnc2ccc(-c3ccc(S(=O)(=O)N4CCC(Nc5ccc(SC(F)(F)F)cc5)CC4)cc3)cn12. The summed E-state index contributed by atoms with van der Waals surface area (Å²) in [5.74, 6) is 0.324. The van der Waals surface area contributed by atoms with Crippen LogP contribution in [0.1, 0.15) is 38.3 Å². The highest BCUT2D eigenvalue weighted by molar-refractivity contribution is 8.00. The first-order valence-electron chi connectivity index (χ1n) is 12.7. The van der Waals surface area contributed by atoms with Crippen molar-refractivity contribution >= 4 is 33.1 Å². The molecule has 0 unspecified atom stereocenters. The lowest BCUT2D eigenvalue weighted by molar-refractivity contribution is -0.0328. The molecule has 0 saturated carbocycles. The molecule has 39 heavy (non-hydrogen) atoms. The fraction of sp³-hybridized carbons (Fsp3) is 0.321. The highest BCUT2D eigenvalue weighted by Gasteiger charge is 2.30. The first-order valence-corrected chi connectivity index (χ1v) is 15.0. The molecule has 3 heterocycles. The van der Waals surface area contributed by atoms with Gasteiger partial charge in [-0.25, -0.2) is 13.4 Å². The fourth-order valence-corrected chi connectivity index (χ4v) is 6.80. The van der Waals surface area contributed by atoms with E-state index in [9.17, 15) is 21.6 Å². The van der Waals surface area contributed by atoms with Gasteiger partial charge in [-0.1, -0.05) is 26.0 Å². The maximum atomic E-state index is 13.3. The third-order valence-corrected chi connectivity index (χ3v) is 9.52. The van der Waals surface area contributed by atoms with E-state index in [1.165, 1.54) is 16.4 Å². The van der Waals surface area contributed by atoms with Crippen LogP contribution in [0, 0.1) is 0 Å². The second-order valence-electron chi connectivity index (χ2n) is 9.90. The van der Waals surface area contributed by atoms with Gasteiger partial charge in [0, 0.05) is 47.8 Å². The Balaban J connectivity index is 1.22. The van der Waals surface area contributed by atoms with Crippen molar-refractivity contribution in [3.8, 4) is 11.1 Å². The van der Waals surface area contributed by atoms with Crippen molar-refractivity contribution in [3.05, 3.63) is 78.8 Å². The van der Waals surface area contributed by atoms with Gasteiger partial charge in [-0.15, -0.1) is 0 Å². The monoisotopic (exact) mass is 574 g/mol. The molecule has 206 valence electrons. The summed E-state index contributed by atoms with van der Waals surface area (Å²) in [7, 11) is -3.64. The van der Waals surface area contributed by atoms with Crippen LogP contribution in [0.3, 0.4) is 0 Å². The molecule has 1 aliphatic rings. The minimum atomic E-state index is -4.32. The molecule has 6 nitrogen and oxygen atoms in total. The van der Waals surface area contributed by atoms with Crippen molar-refractivity contribution in [1.82, 2.24) is 13.7 Å². The van der Waals surface area contributed by atoms with Gasteiger partial charge < -0.3 is 9.72 Å². The zero-order valence-electron chi connectivity index (χ0n) is 21.5. The van der Waals surface area contributed by atoms with Crippen LogP contribution in [0.5, 0.6) is 0 Å². The van der Waals surface area contributed by atoms with Gasteiger partial charge in [-0.2, -0.15) is 17.5 Å². The average molecular weight is 575 g/mol. The van der Waals surface area contributed by atoms with E-state index in [1.54, 1.807) is 24.3 Å². The van der Waals surface area contributed by atoms with E-state index in [0.29, 0.717) is 37.5 Å². The lowest BCUT2D eigenvalue weighted by atomic mass is 10.1. The fourth-order valence-electron chi connectivity index (χ4n) is 4.79. The van der Waals surface area contributed by atoms with Crippen LogP contribution >= 0.6 is 11.8 Å². The molecular weight excluding hydrogens is 545 g/mol. The number of nitrogens with one attached hydrogen (secondary N) is 1. The van der Waals surface area contributed by atoms with Crippen LogP contribution in [0.2, 0.25) is 0 Å². The van der Waals surface area contributed by atoms with E-state index in [4.69, 9.17) is 0 Å². The molecule has 0 spiro atoms. The summed E-state index contributed by atoms with van der Waals surface area (Å²) in [6.07, 6.45) is 5.10. The summed E-state index contributed by atoms with van der Waals surface area (Å²) in [5, 5.41) is 3.31. The van der Waals surface area contributed by atoms with Gasteiger partial charge in [0.05, 0.1) is 4.90 Å². The minimum Gasteiger partial charge on any atom is -0.382 e. The first-order chi connectivity index (χ1) is 18.5. The molecule has 11 heteroatoms. The molecule has 0 atom stereocenters. The number of aromatic nitrogens is 2. The molecule has 2 aromatic heterocycles. The van der Waals surface area contributed by atoms with Gasteiger partial charge >= 0.3 is 5.51 Å². The molecule has 1 aliphatic heterocycles. The number of fused-ring (bicyclic) bond motifs is 1. The number of pyridine rings is 1. The van der Waals surface area contributed by atoms with E-state index >= 15 is 0 Å². The number of benzene rings is 2. The predicted octanol–water partition coefficient (Wildman–Crippen LogP) is 7.00. The van der Waals surface area contributed by atoms with E-state index in [0.717, 1.165) is 22.5 Å². The van der Waals surface area contributed by atoms with Crippen LogP contribution in [-0.2, 0) is 10.0 Å². The maximum Gasteiger partial charge on any atom is 0.446 e. The molecule has 0 aliphatic carbocycles. The Morgan fingerprint density at radius 2 is 1.59 bits per heavy atom. The van der Waals surface area contributed by atoms with E-state index < -0.39 is 15.5 Å². The largest absolute Gasteiger partial charge is 0.446 e. The summed E-state index contributed by atoms with van der Waals surface area (Å²) in [6.45, 7) is 4.96. The van der Waals surface area contributed by atoms with Crippen molar-refractivity contribution in [2.45, 2.75) is 53.9 Å². The van der Waals surface area contributed by atoms with Gasteiger partial charge in [0.2, 0.25) is 10.0 Å². The normalized spacial score (nSPS) is 15.7. The Kier molecular flexibility index (Phi) is 7.67.